The molecular formula is C14H15IN2O. The molecule has 0 spiro atoms. The van der Waals surface area contributed by atoms with Crippen molar-refractivity contribution < 1.29 is 5.11 Å². The summed E-state index contributed by atoms with van der Waals surface area (Å²) in [6.45, 7) is 3.67. The van der Waals surface area contributed by atoms with Gasteiger partial charge in [-0.1, -0.05) is 0 Å². The van der Waals surface area contributed by atoms with Crippen LogP contribution < -0.4 is 4.90 Å². The number of hydrogen-bond donors (Lipinski definition) is 1. The van der Waals surface area contributed by atoms with Gasteiger partial charge in [0, 0.05) is 33.4 Å². The Morgan fingerprint density at radius 2 is 2.22 bits per heavy atom. The van der Waals surface area contributed by atoms with E-state index in [2.05, 4.69) is 56.7 Å². The second-order valence-electron chi connectivity index (χ2n) is 4.83. The summed E-state index contributed by atoms with van der Waals surface area (Å²) in [7, 11) is 0. The van der Waals surface area contributed by atoms with Gasteiger partial charge in [0.15, 0.2) is 0 Å². The predicted molar refractivity (Wildman–Crippen MR) is 82.0 cm³/mol. The number of hydrogen-bond acceptors (Lipinski definition) is 3. The molecule has 3 rings (SSSR count). The van der Waals surface area contributed by atoms with Crippen LogP contribution in [-0.4, -0.2) is 29.3 Å². The Labute approximate surface area is 120 Å². The SMILES string of the molecule is Cc1cc(N2CCC(O)C2)c2ccc(I)cc2n1. The number of pyridine rings is 1. The third kappa shape index (κ3) is 2.19. The van der Waals surface area contributed by atoms with Gasteiger partial charge in [-0.2, -0.15) is 0 Å². The fourth-order valence-electron chi connectivity index (χ4n) is 2.53. The van der Waals surface area contributed by atoms with Gasteiger partial charge in [-0.05, 0) is 60.2 Å². The predicted octanol–water partition coefficient (Wildman–Crippen LogP) is 2.72. The third-order valence-electron chi connectivity index (χ3n) is 3.38. The summed E-state index contributed by atoms with van der Waals surface area (Å²) in [5.41, 5.74) is 3.27. The highest BCUT2D eigenvalue weighted by molar-refractivity contribution is 14.1. The zero-order valence-corrected chi connectivity index (χ0v) is 12.4. The first-order valence-electron chi connectivity index (χ1n) is 6.13. The molecule has 0 amide bonds. The van der Waals surface area contributed by atoms with Crippen molar-refractivity contribution in [1.29, 1.82) is 0 Å². The summed E-state index contributed by atoms with van der Waals surface area (Å²) in [5, 5.41) is 10.9. The summed E-state index contributed by atoms with van der Waals surface area (Å²) in [4.78, 5) is 6.85. The van der Waals surface area contributed by atoms with Crippen molar-refractivity contribution >= 4 is 39.2 Å². The van der Waals surface area contributed by atoms with Crippen molar-refractivity contribution in [2.75, 3.05) is 18.0 Å². The monoisotopic (exact) mass is 354 g/mol. The van der Waals surface area contributed by atoms with Crippen LogP contribution in [0.1, 0.15) is 12.1 Å². The molecule has 1 fully saturated rings. The molecule has 1 aliphatic rings. The van der Waals surface area contributed by atoms with E-state index in [1.807, 2.05) is 6.92 Å². The molecule has 1 aromatic carbocycles. The van der Waals surface area contributed by atoms with E-state index >= 15 is 0 Å². The Balaban J connectivity index is 2.15. The Morgan fingerprint density at radius 1 is 1.39 bits per heavy atom. The molecule has 1 atom stereocenters. The van der Waals surface area contributed by atoms with Gasteiger partial charge < -0.3 is 10.0 Å². The number of benzene rings is 1. The molecule has 3 nitrogen and oxygen atoms in total. The molecule has 2 aromatic rings. The second-order valence-corrected chi connectivity index (χ2v) is 6.08. The number of aliphatic hydroxyl groups excluding tert-OH is 1. The maximum absolute atomic E-state index is 9.69. The van der Waals surface area contributed by atoms with Crippen LogP contribution in [0.4, 0.5) is 5.69 Å². The summed E-state index contributed by atoms with van der Waals surface area (Å²) >= 11 is 2.31. The first-order valence-corrected chi connectivity index (χ1v) is 7.21. The number of fused-ring (bicyclic) bond motifs is 1. The molecule has 2 heterocycles. The van der Waals surface area contributed by atoms with Gasteiger partial charge in [-0.25, -0.2) is 0 Å². The van der Waals surface area contributed by atoms with Gasteiger partial charge in [0.1, 0.15) is 0 Å². The molecule has 1 N–H and O–H groups in total. The molecule has 1 unspecified atom stereocenters. The van der Waals surface area contributed by atoms with Crippen molar-refractivity contribution in [3.63, 3.8) is 0 Å². The number of aliphatic hydroxyl groups is 1. The van der Waals surface area contributed by atoms with Crippen LogP contribution in [0.25, 0.3) is 10.9 Å². The second kappa shape index (κ2) is 4.66. The van der Waals surface area contributed by atoms with Crippen LogP contribution in [0, 0.1) is 10.5 Å². The molecular weight excluding hydrogens is 339 g/mol. The average Bonchev–Trinajstić information content (AvgIpc) is 2.74. The van der Waals surface area contributed by atoms with Crippen LogP contribution in [0.3, 0.4) is 0 Å². The van der Waals surface area contributed by atoms with Gasteiger partial charge >= 0.3 is 0 Å². The largest absolute Gasteiger partial charge is 0.391 e. The van der Waals surface area contributed by atoms with Gasteiger partial charge in [0.2, 0.25) is 0 Å². The van der Waals surface area contributed by atoms with E-state index in [0.29, 0.717) is 0 Å². The van der Waals surface area contributed by atoms with Gasteiger partial charge in [-0.3, -0.25) is 4.98 Å². The molecule has 0 bridgehead atoms. The van der Waals surface area contributed by atoms with E-state index in [1.54, 1.807) is 0 Å². The van der Waals surface area contributed by atoms with Gasteiger partial charge in [-0.15, -0.1) is 0 Å². The van der Waals surface area contributed by atoms with Crippen molar-refractivity contribution in [2.24, 2.45) is 0 Å². The minimum absolute atomic E-state index is 0.197. The van der Waals surface area contributed by atoms with E-state index in [4.69, 9.17) is 0 Å². The Morgan fingerprint density at radius 3 is 2.94 bits per heavy atom. The smallest absolute Gasteiger partial charge is 0.0736 e. The zero-order valence-electron chi connectivity index (χ0n) is 10.2. The van der Waals surface area contributed by atoms with E-state index in [-0.39, 0.29) is 6.10 Å². The Kier molecular flexibility index (Phi) is 3.15. The lowest BCUT2D eigenvalue weighted by molar-refractivity contribution is 0.198. The first kappa shape index (κ1) is 12.2. The first-order chi connectivity index (χ1) is 8.63. The fourth-order valence-corrected chi connectivity index (χ4v) is 3.01. The summed E-state index contributed by atoms with van der Waals surface area (Å²) in [6.07, 6.45) is 0.658. The van der Waals surface area contributed by atoms with E-state index in [0.717, 1.165) is 30.7 Å². The molecule has 0 aliphatic carbocycles. The lowest BCUT2D eigenvalue weighted by Crippen LogP contribution is -2.21. The topological polar surface area (TPSA) is 36.4 Å². The summed E-state index contributed by atoms with van der Waals surface area (Å²) in [6, 6.07) is 8.46. The van der Waals surface area contributed by atoms with Crippen LogP contribution >= 0.6 is 22.6 Å². The van der Waals surface area contributed by atoms with Crippen LogP contribution in [0.2, 0.25) is 0 Å². The van der Waals surface area contributed by atoms with Crippen LogP contribution in [0.15, 0.2) is 24.3 Å². The molecule has 1 aromatic heterocycles. The minimum Gasteiger partial charge on any atom is -0.391 e. The summed E-state index contributed by atoms with van der Waals surface area (Å²) < 4.78 is 1.20. The molecule has 0 radical (unpaired) electrons. The molecule has 1 saturated heterocycles. The van der Waals surface area contributed by atoms with E-state index in [1.165, 1.54) is 14.6 Å². The zero-order chi connectivity index (χ0) is 12.7. The van der Waals surface area contributed by atoms with E-state index < -0.39 is 0 Å². The molecule has 1 aliphatic heterocycles. The number of β-amino-alcohol motifs (C(OH)–C–C–N with tert-alkyl or cyclic N) is 1. The highest BCUT2D eigenvalue weighted by atomic mass is 127. The quantitative estimate of drug-likeness (QED) is 0.800. The highest BCUT2D eigenvalue weighted by Gasteiger charge is 2.22. The lowest BCUT2D eigenvalue weighted by Gasteiger charge is -2.20. The molecule has 18 heavy (non-hydrogen) atoms. The highest BCUT2D eigenvalue weighted by Crippen LogP contribution is 2.30. The standard InChI is InChI=1S/C14H15IN2O/c1-9-6-14(17-5-4-11(18)8-17)12-3-2-10(15)7-13(12)16-9/h2-3,6-7,11,18H,4-5,8H2,1H3. The fraction of sp³-hybridized carbons (Fsp3) is 0.357. The normalized spacial score (nSPS) is 19.7. The number of rotatable bonds is 1. The number of aryl methyl sites for hydroxylation is 1. The van der Waals surface area contributed by atoms with E-state index in [9.17, 15) is 5.11 Å². The lowest BCUT2D eigenvalue weighted by atomic mass is 10.1. The molecule has 94 valence electrons. The number of halogens is 1. The number of aromatic nitrogens is 1. The summed E-state index contributed by atoms with van der Waals surface area (Å²) in [5.74, 6) is 0. The van der Waals surface area contributed by atoms with Gasteiger partial charge in [0.25, 0.3) is 0 Å². The minimum atomic E-state index is -0.197. The molecule has 4 heteroatoms. The number of nitrogens with zero attached hydrogens (tertiary/aromatic N) is 2. The van der Waals surface area contributed by atoms with Crippen LogP contribution in [0.5, 0.6) is 0 Å². The van der Waals surface area contributed by atoms with Crippen molar-refractivity contribution in [3.8, 4) is 0 Å². The maximum Gasteiger partial charge on any atom is 0.0736 e. The van der Waals surface area contributed by atoms with Crippen molar-refractivity contribution in [1.82, 2.24) is 4.98 Å². The number of anilines is 1. The third-order valence-corrected chi connectivity index (χ3v) is 4.05. The van der Waals surface area contributed by atoms with Gasteiger partial charge in [0.05, 0.1) is 11.6 Å². The van der Waals surface area contributed by atoms with Crippen molar-refractivity contribution in [3.05, 3.63) is 33.5 Å². The Hall–Kier alpha value is -0.880. The average molecular weight is 354 g/mol. The molecule has 0 saturated carbocycles. The Bertz CT molecular complexity index is 594. The van der Waals surface area contributed by atoms with Crippen LogP contribution in [-0.2, 0) is 0 Å². The van der Waals surface area contributed by atoms with Crippen molar-refractivity contribution in [2.45, 2.75) is 19.4 Å². The maximum atomic E-state index is 9.69.